The van der Waals surface area contributed by atoms with Crippen molar-refractivity contribution in [1.29, 1.82) is 0 Å². The zero-order valence-electron chi connectivity index (χ0n) is 17.3. The summed E-state index contributed by atoms with van der Waals surface area (Å²) in [6, 6.07) is 16.6. The predicted octanol–water partition coefficient (Wildman–Crippen LogP) is 4.18. The van der Waals surface area contributed by atoms with E-state index >= 15 is 0 Å². The Morgan fingerprint density at radius 2 is 1.63 bits per heavy atom. The molecule has 3 aromatic rings. The van der Waals surface area contributed by atoms with Gasteiger partial charge in [-0.15, -0.1) is 0 Å². The van der Waals surface area contributed by atoms with Crippen LogP contribution in [0.2, 0.25) is 0 Å². The molecule has 0 N–H and O–H groups in total. The molecule has 1 unspecified atom stereocenters. The molecule has 156 valence electrons. The molecule has 3 rings (SSSR count). The zero-order valence-corrected chi connectivity index (χ0v) is 18.1. The highest BCUT2D eigenvalue weighted by Gasteiger charge is 2.25. The average Bonchev–Trinajstić information content (AvgIpc) is 3.10. The molecule has 0 saturated carbocycles. The van der Waals surface area contributed by atoms with Crippen LogP contribution >= 0.6 is 0 Å². The van der Waals surface area contributed by atoms with Gasteiger partial charge in [0.05, 0.1) is 29.9 Å². The molecule has 30 heavy (non-hydrogen) atoms. The zero-order chi connectivity index (χ0) is 21.8. The second kappa shape index (κ2) is 9.19. The summed E-state index contributed by atoms with van der Waals surface area (Å²) in [5.41, 5.74) is 4.43. The van der Waals surface area contributed by atoms with Crippen LogP contribution in [-0.4, -0.2) is 34.2 Å². The highest BCUT2D eigenvalue weighted by atomic mass is 32.2. The van der Waals surface area contributed by atoms with Crippen molar-refractivity contribution in [2.45, 2.75) is 25.7 Å². The molecule has 0 fully saturated rings. The van der Waals surface area contributed by atoms with E-state index in [1.807, 2.05) is 47.9 Å². The van der Waals surface area contributed by atoms with Crippen LogP contribution in [0.1, 0.15) is 28.5 Å². The summed E-state index contributed by atoms with van der Waals surface area (Å²) in [6.07, 6.45) is 0. The molecule has 1 atom stereocenters. The monoisotopic (exact) mass is 425 g/mol. The first kappa shape index (κ1) is 21.7. The van der Waals surface area contributed by atoms with Crippen molar-refractivity contribution in [2.75, 3.05) is 13.7 Å². The number of hydrogen-bond acceptors (Lipinski definition) is 5. The van der Waals surface area contributed by atoms with Crippen LogP contribution in [0.15, 0.2) is 59.5 Å². The summed E-state index contributed by atoms with van der Waals surface area (Å²) in [5.74, 6) is -1.56. The minimum absolute atomic E-state index is 0.132. The van der Waals surface area contributed by atoms with Gasteiger partial charge in [-0.25, -0.2) is 9.00 Å². The Morgan fingerprint density at radius 3 is 2.20 bits per heavy atom. The van der Waals surface area contributed by atoms with Crippen LogP contribution in [0.5, 0.6) is 0 Å². The van der Waals surface area contributed by atoms with E-state index in [-0.39, 0.29) is 12.2 Å². The molecule has 0 aliphatic carbocycles. The number of carbonyl (C=O) groups excluding carboxylic acids is 2. The first-order chi connectivity index (χ1) is 14.4. The Kier molecular flexibility index (Phi) is 6.64. The van der Waals surface area contributed by atoms with Crippen molar-refractivity contribution in [1.82, 2.24) is 4.57 Å². The van der Waals surface area contributed by atoms with Gasteiger partial charge in [-0.2, -0.15) is 0 Å². The predicted molar refractivity (Wildman–Crippen MR) is 115 cm³/mol. The minimum Gasteiger partial charge on any atom is -0.460 e. The van der Waals surface area contributed by atoms with Crippen molar-refractivity contribution >= 4 is 22.8 Å². The number of hydrogen-bond donors (Lipinski definition) is 0. The molecule has 0 amide bonds. The maximum atomic E-state index is 12.7. The Balaban J connectivity index is 2.16. The van der Waals surface area contributed by atoms with Crippen molar-refractivity contribution in [3.05, 3.63) is 71.4 Å². The van der Waals surface area contributed by atoms with Crippen molar-refractivity contribution in [3.8, 4) is 16.9 Å². The van der Waals surface area contributed by atoms with E-state index in [2.05, 4.69) is 0 Å². The summed E-state index contributed by atoms with van der Waals surface area (Å²) in [6.45, 7) is 5.58. The van der Waals surface area contributed by atoms with Gasteiger partial charge >= 0.3 is 5.97 Å². The van der Waals surface area contributed by atoms with Gasteiger partial charge in [-0.1, -0.05) is 29.8 Å². The van der Waals surface area contributed by atoms with Crippen LogP contribution in [-0.2, 0) is 24.8 Å². The van der Waals surface area contributed by atoms with Crippen molar-refractivity contribution < 1.29 is 22.7 Å². The second-order valence-electron chi connectivity index (χ2n) is 6.67. The van der Waals surface area contributed by atoms with Crippen LogP contribution in [0, 0.1) is 13.8 Å². The smallest absolute Gasteiger partial charge is 0.379 e. The number of esters is 1. The quantitative estimate of drug-likeness (QED) is 0.323. The molecule has 0 radical (unpaired) electrons. The molecular weight excluding hydrogens is 402 g/mol. The number of ether oxygens (including phenoxy) is 1. The topological polar surface area (TPSA) is 74.6 Å². The molecule has 0 spiro atoms. The molecule has 1 aromatic heterocycles. The summed E-state index contributed by atoms with van der Waals surface area (Å²) in [5, 5.41) is 0. The maximum absolute atomic E-state index is 12.7. The number of benzene rings is 2. The number of aromatic nitrogens is 1. The van der Waals surface area contributed by atoms with Gasteiger partial charge < -0.3 is 9.30 Å². The third-order valence-electron chi connectivity index (χ3n) is 4.74. The molecule has 1 heterocycles. The first-order valence-electron chi connectivity index (χ1n) is 9.44. The minimum atomic E-state index is -1.54. The largest absolute Gasteiger partial charge is 0.460 e. The van der Waals surface area contributed by atoms with E-state index in [4.69, 9.17) is 8.92 Å². The molecule has 0 bridgehead atoms. The van der Waals surface area contributed by atoms with E-state index in [0.717, 1.165) is 22.5 Å². The molecule has 2 aromatic carbocycles. The number of carbonyl (C=O) groups is 2. The summed E-state index contributed by atoms with van der Waals surface area (Å²) in [7, 11) is 1.38. The van der Waals surface area contributed by atoms with Gasteiger partial charge in [0.15, 0.2) is 11.1 Å². The van der Waals surface area contributed by atoms with Gasteiger partial charge in [-0.05, 0) is 56.7 Å². The number of Topliss-reactive ketones (excluding diaryl/α,β-unsaturated/α-hetero) is 1. The van der Waals surface area contributed by atoms with E-state index in [9.17, 15) is 13.8 Å². The van der Waals surface area contributed by atoms with Gasteiger partial charge in [0, 0.05) is 11.4 Å². The number of aryl methyl sites for hydroxylation is 1. The summed E-state index contributed by atoms with van der Waals surface area (Å²) >= 11 is -1.54. The van der Waals surface area contributed by atoms with E-state index < -0.39 is 22.8 Å². The number of ketones is 1. The molecule has 0 saturated heterocycles. The highest BCUT2D eigenvalue weighted by molar-refractivity contribution is 7.80. The Morgan fingerprint density at radius 1 is 1.00 bits per heavy atom. The maximum Gasteiger partial charge on any atom is 0.379 e. The van der Waals surface area contributed by atoms with Crippen LogP contribution < -0.4 is 0 Å². The molecular formula is C23H23NO5S. The van der Waals surface area contributed by atoms with E-state index in [1.165, 1.54) is 7.11 Å². The van der Waals surface area contributed by atoms with Crippen LogP contribution in [0.3, 0.4) is 0 Å². The van der Waals surface area contributed by atoms with Gasteiger partial charge in [0.1, 0.15) is 0 Å². The lowest BCUT2D eigenvalue weighted by Gasteiger charge is -2.13. The Hall–Kier alpha value is -3.03. The SMILES string of the molecule is CCOC(=O)C(=O)c1cc(-c2ccc(S(=O)OC)cc2)n(-c2ccc(C)cc2)c1C. The normalized spacial score (nSPS) is 11.9. The highest BCUT2D eigenvalue weighted by Crippen LogP contribution is 2.31. The lowest BCUT2D eigenvalue weighted by Crippen LogP contribution is -2.18. The van der Waals surface area contributed by atoms with Crippen LogP contribution in [0.25, 0.3) is 16.9 Å². The van der Waals surface area contributed by atoms with Gasteiger partial charge in [0.2, 0.25) is 0 Å². The fourth-order valence-corrected chi connectivity index (χ4v) is 3.77. The Labute approximate surface area is 178 Å². The van der Waals surface area contributed by atoms with E-state index in [1.54, 1.807) is 32.0 Å². The van der Waals surface area contributed by atoms with Crippen molar-refractivity contribution in [3.63, 3.8) is 0 Å². The standard InChI is InChI=1S/C23H23NO5S/c1-5-29-23(26)22(25)20-14-21(17-8-12-19(13-9-17)30(27)28-4)24(16(20)3)18-10-6-15(2)7-11-18/h6-14H,5H2,1-4H3. The third kappa shape index (κ3) is 4.27. The average molecular weight is 426 g/mol. The van der Waals surface area contributed by atoms with Gasteiger partial charge in [-0.3, -0.25) is 8.98 Å². The molecule has 0 aliphatic heterocycles. The number of nitrogens with zero attached hydrogens (tertiary/aromatic N) is 1. The fourth-order valence-electron chi connectivity index (χ4n) is 3.22. The Bertz CT molecular complexity index is 1100. The van der Waals surface area contributed by atoms with Crippen LogP contribution in [0.4, 0.5) is 0 Å². The third-order valence-corrected chi connectivity index (χ3v) is 5.70. The first-order valence-corrected chi connectivity index (χ1v) is 10.5. The van der Waals surface area contributed by atoms with Gasteiger partial charge in [0.25, 0.3) is 5.78 Å². The summed E-state index contributed by atoms with van der Waals surface area (Å²) < 4.78 is 23.5. The lowest BCUT2D eigenvalue weighted by atomic mass is 10.1. The van der Waals surface area contributed by atoms with E-state index in [0.29, 0.717) is 10.6 Å². The molecule has 7 heteroatoms. The number of rotatable bonds is 7. The summed E-state index contributed by atoms with van der Waals surface area (Å²) in [4.78, 5) is 25.3. The fraction of sp³-hybridized carbons (Fsp3) is 0.217. The second-order valence-corrected chi connectivity index (χ2v) is 7.95. The molecule has 0 aliphatic rings. The molecule has 6 nitrogen and oxygen atoms in total. The van der Waals surface area contributed by atoms with Crippen molar-refractivity contribution in [2.24, 2.45) is 0 Å². The lowest BCUT2D eigenvalue weighted by molar-refractivity contribution is -0.137.